The standard InChI is InChI=1S/C32H54N4O21/c1-9(41)33-17-23(47)26(14(6-38)51-29(17)50)55-31-19(35-11(3)43)25(49)28(16(8-40)53-31)57-32-20(36-12(4)44)24(48)27(15(7-39)54-32)56-30-18(34-10(2)42)22(46)21(45)13(5-37)52-30/h13-32,37-40,45-50H,5-8H2,1-4H3,(H,33,41)(H,34,42)(H,35,43)(H,36,44)/t13-,14-,15-,16-,17-,18-,19-,20-,21-,22-,23-,24-,25-,26-,27-,28-,29?,30+,31+,32+/m1/s1. The van der Waals surface area contributed by atoms with Crippen LogP contribution in [-0.4, -0.2) is 224 Å². The fourth-order valence-electron chi connectivity index (χ4n) is 7.17. The van der Waals surface area contributed by atoms with Crippen LogP contribution >= 0.6 is 0 Å². The van der Waals surface area contributed by atoms with Crippen molar-refractivity contribution in [2.75, 3.05) is 26.4 Å². The first-order chi connectivity index (χ1) is 26.9. The highest BCUT2D eigenvalue weighted by Crippen LogP contribution is 2.34. The van der Waals surface area contributed by atoms with E-state index in [0.717, 1.165) is 27.7 Å². The molecule has 4 rings (SSSR count). The molecule has 0 aromatic carbocycles. The molecular formula is C32H54N4O21. The van der Waals surface area contributed by atoms with Crippen LogP contribution in [-0.2, 0) is 52.3 Å². The van der Waals surface area contributed by atoms with E-state index in [2.05, 4.69) is 21.3 Å². The van der Waals surface area contributed by atoms with Gasteiger partial charge in [0, 0.05) is 27.7 Å². The predicted molar refractivity (Wildman–Crippen MR) is 180 cm³/mol. The second kappa shape index (κ2) is 20.4. The Morgan fingerprint density at radius 2 is 0.702 bits per heavy atom. The molecule has 0 spiro atoms. The number of rotatable bonds is 14. The quantitative estimate of drug-likeness (QED) is 0.0773. The lowest BCUT2D eigenvalue weighted by atomic mass is 9.93. The first-order valence-corrected chi connectivity index (χ1v) is 18.1. The van der Waals surface area contributed by atoms with Crippen LogP contribution < -0.4 is 21.3 Å². The average Bonchev–Trinajstić information content (AvgIpc) is 3.14. The minimum absolute atomic E-state index is 0.664. The predicted octanol–water partition coefficient (Wildman–Crippen LogP) is -9.17. The van der Waals surface area contributed by atoms with Gasteiger partial charge >= 0.3 is 0 Å². The van der Waals surface area contributed by atoms with Crippen LogP contribution in [0.1, 0.15) is 27.7 Å². The topological polar surface area (TPSA) is 383 Å². The molecule has 14 N–H and O–H groups in total. The third kappa shape index (κ3) is 10.9. The second-order valence-electron chi connectivity index (χ2n) is 14.1. The van der Waals surface area contributed by atoms with Crippen molar-refractivity contribution in [2.45, 2.75) is 150 Å². The molecule has 4 fully saturated rings. The van der Waals surface area contributed by atoms with E-state index in [1.165, 1.54) is 0 Å². The number of aliphatic hydroxyl groups is 10. The molecule has 20 atom stereocenters. The molecule has 328 valence electrons. The SMILES string of the molecule is CC(=O)N[C@H]1[C@H](O[C@H]2[C@H](O)[C@@H](NC(C)=O)C(O)O[C@@H]2CO)O[C@H](CO)[C@@H](O[C@@H]2O[C@H](CO)[C@@H](O[C@@H]3O[C@H](CO)[C@@H](O)[C@H](O)[C@H]3NC(C)=O)[C@H](O)[C@H]2NC(C)=O)[C@@H]1O. The zero-order chi connectivity index (χ0) is 42.5. The number of hydrogen-bond acceptors (Lipinski definition) is 21. The van der Waals surface area contributed by atoms with E-state index in [9.17, 15) is 70.2 Å². The van der Waals surface area contributed by atoms with E-state index in [0.29, 0.717) is 0 Å². The average molecular weight is 831 g/mol. The molecule has 0 aromatic heterocycles. The summed E-state index contributed by atoms with van der Waals surface area (Å²) < 4.78 is 40.6. The molecule has 4 amide bonds. The van der Waals surface area contributed by atoms with Crippen molar-refractivity contribution < 1.29 is 103 Å². The number of carbonyl (C=O) groups excluding carboxylic acids is 4. The smallest absolute Gasteiger partial charge is 0.217 e. The lowest BCUT2D eigenvalue weighted by Crippen LogP contribution is -2.71. The van der Waals surface area contributed by atoms with Crippen LogP contribution in [0.2, 0.25) is 0 Å². The van der Waals surface area contributed by atoms with E-state index in [1.807, 2.05) is 0 Å². The van der Waals surface area contributed by atoms with Crippen molar-refractivity contribution in [1.82, 2.24) is 21.3 Å². The molecule has 0 bridgehead atoms. The molecule has 25 heteroatoms. The van der Waals surface area contributed by atoms with E-state index in [4.69, 9.17) is 33.2 Å². The summed E-state index contributed by atoms with van der Waals surface area (Å²) >= 11 is 0. The van der Waals surface area contributed by atoms with Gasteiger partial charge in [0.05, 0.1) is 26.4 Å². The third-order valence-corrected chi connectivity index (χ3v) is 9.81. The van der Waals surface area contributed by atoms with Gasteiger partial charge < -0.3 is 105 Å². The van der Waals surface area contributed by atoms with E-state index in [-0.39, 0.29) is 0 Å². The van der Waals surface area contributed by atoms with Crippen LogP contribution in [0.5, 0.6) is 0 Å². The molecule has 4 heterocycles. The Morgan fingerprint density at radius 3 is 1.04 bits per heavy atom. The molecule has 1 unspecified atom stereocenters. The molecule has 4 aliphatic rings. The van der Waals surface area contributed by atoms with E-state index in [1.54, 1.807) is 0 Å². The van der Waals surface area contributed by atoms with Gasteiger partial charge in [-0.3, -0.25) is 19.2 Å². The fraction of sp³-hybridized carbons (Fsp3) is 0.875. The lowest BCUT2D eigenvalue weighted by Gasteiger charge is -2.51. The van der Waals surface area contributed by atoms with Crippen LogP contribution in [0.25, 0.3) is 0 Å². The molecule has 4 saturated heterocycles. The third-order valence-electron chi connectivity index (χ3n) is 9.81. The highest BCUT2D eigenvalue weighted by molar-refractivity contribution is 5.74. The van der Waals surface area contributed by atoms with Gasteiger partial charge in [0.15, 0.2) is 25.2 Å². The molecule has 57 heavy (non-hydrogen) atoms. The number of ether oxygens (including phenoxy) is 7. The largest absolute Gasteiger partial charge is 0.394 e. The van der Waals surface area contributed by atoms with Crippen molar-refractivity contribution in [3.63, 3.8) is 0 Å². The number of nitrogens with one attached hydrogen (secondary N) is 4. The monoisotopic (exact) mass is 830 g/mol. The fourth-order valence-corrected chi connectivity index (χ4v) is 7.17. The van der Waals surface area contributed by atoms with Crippen LogP contribution in [0.15, 0.2) is 0 Å². The molecule has 0 aliphatic carbocycles. The Balaban J connectivity index is 1.61. The summed E-state index contributed by atoms with van der Waals surface area (Å²) in [7, 11) is 0. The Bertz CT molecular complexity index is 1370. The number of hydrogen-bond donors (Lipinski definition) is 14. The Morgan fingerprint density at radius 1 is 0.421 bits per heavy atom. The highest BCUT2D eigenvalue weighted by Gasteiger charge is 2.56. The summed E-state index contributed by atoms with van der Waals surface area (Å²) in [6.07, 6.45) is -26.9. The van der Waals surface area contributed by atoms with Crippen LogP contribution in [0.3, 0.4) is 0 Å². The van der Waals surface area contributed by atoms with Gasteiger partial charge in [0.25, 0.3) is 0 Å². The van der Waals surface area contributed by atoms with Crippen molar-refractivity contribution >= 4 is 23.6 Å². The zero-order valence-corrected chi connectivity index (χ0v) is 31.3. The van der Waals surface area contributed by atoms with Gasteiger partial charge in [-0.05, 0) is 0 Å². The summed E-state index contributed by atoms with van der Waals surface area (Å²) in [5, 5.41) is 116. The van der Waals surface area contributed by atoms with Crippen molar-refractivity contribution in [3.8, 4) is 0 Å². The van der Waals surface area contributed by atoms with E-state index < -0.39 is 173 Å². The van der Waals surface area contributed by atoms with Gasteiger partial charge in [0.2, 0.25) is 23.6 Å². The molecular weight excluding hydrogens is 776 g/mol. The normalized spacial score (nSPS) is 43.8. The van der Waals surface area contributed by atoms with Crippen LogP contribution in [0, 0.1) is 0 Å². The number of aliphatic hydroxyl groups excluding tert-OH is 10. The van der Waals surface area contributed by atoms with Gasteiger partial charge in [0.1, 0.15) is 97.4 Å². The first-order valence-electron chi connectivity index (χ1n) is 18.1. The molecule has 0 saturated carbocycles. The van der Waals surface area contributed by atoms with Gasteiger partial charge in [-0.25, -0.2) is 0 Å². The summed E-state index contributed by atoms with van der Waals surface area (Å²) in [5.74, 6) is -2.84. The lowest BCUT2D eigenvalue weighted by molar-refractivity contribution is -0.362. The number of carbonyl (C=O) groups is 4. The zero-order valence-electron chi connectivity index (χ0n) is 31.3. The maximum Gasteiger partial charge on any atom is 0.217 e. The van der Waals surface area contributed by atoms with Crippen molar-refractivity contribution in [2.24, 2.45) is 0 Å². The minimum atomic E-state index is -1.89. The Kier molecular flexibility index (Phi) is 16.8. The Labute approximate surface area is 325 Å². The summed E-state index contributed by atoms with van der Waals surface area (Å²) in [6.45, 7) is 0.884. The van der Waals surface area contributed by atoms with Crippen LogP contribution in [0.4, 0.5) is 0 Å². The maximum atomic E-state index is 12.4. The summed E-state index contributed by atoms with van der Waals surface area (Å²) in [6, 6.07) is -6.15. The van der Waals surface area contributed by atoms with Crippen molar-refractivity contribution in [1.29, 1.82) is 0 Å². The first kappa shape index (κ1) is 46.9. The van der Waals surface area contributed by atoms with Gasteiger partial charge in [-0.2, -0.15) is 0 Å². The molecule has 4 aliphatic heterocycles. The van der Waals surface area contributed by atoms with E-state index >= 15 is 0 Å². The molecule has 0 aromatic rings. The highest BCUT2D eigenvalue weighted by atomic mass is 16.8. The molecule has 25 nitrogen and oxygen atoms in total. The summed E-state index contributed by atoms with van der Waals surface area (Å²) in [4.78, 5) is 48.5. The second-order valence-corrected chi connectivity index (χ2v) is 14.1. The van der Waals surface area contributed by atoms with Crippen molar-refractivity contribution in [3.05, 3.63) is 0 Å². The summed E-state index contributed by atoms with van der Waals surface area (Å²) in [5.41, 5.74) is 0. The molecule has 0 radical (unpaired) electrons. The number of amides is 4. The maximum absolute atomic E-state index is 12.4. The minimum Gasteiger partial charge on any atom is -0.394 e. The van der Waals surface area contributed by atoms with Gasteiger partial charge in [-0.15, -0.1) is 0 Å². The Hall–Kier alpha value is -2.80. The van der Waals surface area contributed by atoms with Gasteiger partial charge in [-0.1, -0.05) is 0 Å².